The first kappa shape index (κ1) is 22.0. The molecule has 148 valence electrons. The number of hydrogen-bond acceptors (Lipinski definition) is 4. The predicted octanol–water partition coefficient (Wildman–Crippen LogP) is 2.75. The highest BCUT2D eigenvalue weighted by molar-refractivity contribution is 5.79. The average Bonchev–Trinajstić information content (AvgIpc) is 2.55. The highest BCUT2D eigenvalue weighted by atomic mass is 19.4. The maximum absolute atomic E-state index is 12.3. The smallest absolute Gasteiger partial charge is 0.422 e. The summed E-state index contributed by atoms with van der Waals surface area (Å²) in [5.41, 5.74) is 0.446. The van der Waals surface area contributed by atoms with Gasteiger partial charge in [-0.3, -0.25) is 4.99 Å². The van der Waals surface area contributed by atoms with Gasteiger partial charge >= 0.3 is 6.18 Å². The Morgan fingerprint density at radius 3 is 2.50 bits per heavy atom. The Balaban J connectivity index is 2.64. The lowest BCUT2D eigenvalue weighted by Crippen LogP contribution is -2.45. The van der Waals surface area contributed by atoms with Gasteiger partial charge in [0.1, 0.15) is 0 Å². The van der Waals surface area contributed by atoms with E-state index >= 15 is 0 Å². The largest absolute Gasteiger partial charge is 0.468 e. The van der Waals surface area contributed by atoms with Gasteiger partial charge < -0.3 is 20.1 Å². The zero-order valence-electron chi connectivity index (χ0n) is 15.8. The molecule has 0 amide bonds. The normalized spacial score (nSPS) is 14.1. The first-order valence-electron chi connectivity index (χ1n) is 8.17. The van der Waals surface area contributed by atoms with Crippen LogP contribution in [0.15, 0.2) is 23.3 Å². The van der Waals surface area contributed by atoms with Crippen molar-refractivity contribution < 1.29 is 22.6 Å². The van der Waals surface area contributed by atoms with Crippen molar-refractivity contribution in [1.29, 1.82) is 0 Å². The number of alkyl halides is 3. The molecule has 0 aliphatic rings. The van der Waals surface area contributed by atoms with E-state index in [2.05, 4.69) is 41.4 Å². The van der Waals surface area contributed by atoms with Gasteiger partial charge in [0.25, 0.3) is 0 Å². The van der Waals surface area contributed by atoms with E-state index in [4.69, 9.17) is 9.47 Å². The van der Waals surface area contributed by atoms with Gasteiger partial charge in [-0.25, -0.2) is 4.98 Å². The second-order valence-corrected chi connectivity index (χ2v) is 6.77. The Kier molecular flexibility index (Phi) is 8.13. The molecule has 6 nitrogen and oxygen atoms in total. The summed E-state index contributed by atoms with van der Waals surface area (Å²) >= 11 is 0. The van der Waals surface area contributed by atoms with E-state index in [9.17, 15) is 13.2 Å². The van der Waals surface area contributed by atoms with Crippen LogP contribution in [0.3, 0.4) is 0 Å². The van der Waals surface area contributed by atoms with E-state index in [-0.39, 0.29) is 23.9 Å². The van der Waals surface area contributed by atoms with Crippen LogP contribution in [0.2, 0.25) is 0 Å². The highest BCUT2D eigenvalue weighted by Gasteiger charge is 2.29. The van der Waals surface area contributed by atoms with Crippen LogP contribution in [-0.4, -0.2) is 50.5 Å². The standard InChI is InChI=1S/C17H27F3N4O2/c1-16(2,3)13(25-5)10-24-15(21-4)23-9-12-7-6-8-22-14(12)26-11-17(18,19)20/h6-8,13H,9-11H2,1-5H3,(H2,21,23,24). The SMILES string of the molecule is CN=C(NCc1cccnc1OCC(F)(F)F)NCC(OC)C(C)(C)C. The Labute approximate surface area is 152 Å². The van der Waals surface area contributed by atoms with Crippen LogP contribution in [0.4, 0.5) is 13.2 Å². The minimum Gasteiger partial charge on any atom is -0.468 e. The second kappa shape index (κ2) is 9.61. The van der Waals surface area contributed by atoms with E-state index in [1.165, 1.54) is 6.20 Å². The first-order chi connectivity index (χ1) is 12.1. The summed E-state index contributed by atoms with van der Waals surface area (Å²) in [7, 11) is 3.26. The number of hydrogen-bond donors (Lipinski definition) is 2. The molecule has 2 N–H and O–H groups in total. The summed E-state index contributed by atoms with van der Waals surface area (Å²) in [4.78, 5) is 7.97. The van der Waals surface area contributed by atoms with Crippen molar-refractivity contribution in [3.8, 4) is 5.88 Å². The fourth-order valence-corrected chi connectivity index (χ4v) is 2.17. The van der Waals surface area contributed by atoms with Gasteiger partial charge in [-0.2, -0.15) is 13.2 Å². The molecule has 0 aliphatic heterocycles. The van der Waals surface area contributed by atoms with E-state index in [0.29, 0.717) is 18.1 Å². The molecular weight excluding hydrogens is 349 g/mol. The summed E-state index contributed by atoms with van der Waals surface area (Å²) in [6.45, 7) is 5.57. The fourth-order valence-electron chi connectivity index (χ4n) is 2.17. The molecule has 0 saturated heterocycles. The monoisotopic (exact) mass is 376 g/mol. The zero-order valence-corrected chi connectivity index (χ0v) is 15.8. The molecule has 0 spiro atoms. The molecule has 9 heteroatoms. The zero-order chi connectivity index (χ0) is 19.8. The molecule has 0 aliphatic carbocycles. The van der Waals surface area contributed by atoms with E-state index in [0.717, 1.165) is 0 Å². The summed E-state index contributed by atoms with van der Waals surface area (Å²) < 4.78 is 47.3. The van der Waals surface area contributed by atoms with Crippen molar-refractivity contribution in [3.63, 3.8) is 0 Å². The molecule has 1 rings (SSSR count). The van der Waals surface area contributed by atoms with Crippen molar-refractivity contribution in [3.05, 3.63) is 23.9 Å². The molecule has 1 aromatic heterocycles. The number of pyridine rings is 1. The van der Waals surface area contributed by atoms with Crippen molar-refractivity contribution >= 4 is 5.96 Å². The predicted molar refractivity (Wildman–Crippen MR) is 94.2 cm³/mol. The minimum absolute atomic E-state index is 0.0369. The number of rotatable bonds is 7. The van der Waals surface area contributed by atoms with Crippen LogP contribution in [-0.2, 0) is 11.3 Å². The third-order valence-corrected chi connectivity index (χ3v) is 3.60. The Hall–Kier alpha value is -2.03. The number of aliphatic imine (C=N–C) groups is 1. The van der Waals surface area contributed by atoms with E-state index < -0.39 is 12.8 Å². The summed E-state index contributed by atoms with van der Waals surface area (Å²) in [5, 5.41) is 6.18. The average molecular weight is 376 g/mol. The summed E-state index contributed by atoms with van der Waals surface area (Å²) in [5.74, 6) is 0.444. The Morgan fingerprint density at radius 1 is 1.27 bits per heavy atom. The molecule has 0 bridgehead atoms. The number of ether oxygens (including phenoxy) is 2. The molecule has 0 radical (unpaired) electrons. The molecule has 1 aromatic rings. The van der Waals surface area contributed by atoms with E-state index in [1.807, 2.05) is 0 Å². The van der Waals surface area contributed by atoms with Gasteiger partial charge in [0.15, 0.2) is 12.6 Å². The van der Waals surface area contributed by atoms with Crippen molar-refractivity contribution in [2.45, 2.75) is 39.6 Å². The summed E-state index contributed by atoms with van der Waals surface area (Å²) in [6, 6.07) is 3.28. The number of nitrogens with zero attached hydrogens (tertiary/aromatic N) is 2. The number of halogens is 3. The Bertz CT molecular complexity index is 586. The lowest BCUT2D eigenvalue weighted by atomic mass is 9.89. The lowest BCUT2D eigenvalue weighted by Gasteiger charge is -2.30. The molecule has 0 saturated carbocycles. The molecule has 1 atom stereocenters. The number of aromatic nitrogens is 1. The molecule has 26 heavy (non-hydrogen) atoms. The maximum Gasteiger partial charge on any atom is 0.422 e. The molecule has 1 unspecified atom stereocenters. The lowest BCUT2D eigenvalue weighted by molar-refractivity contribution is -0.154. The van der Waals surface area contributed by atoms with Crippen LogP contribution in [0.1, 0.15) is 26.3 Å². The fraction of sp³-hybridized carbons (Fsp3) is 0.647. The molecule has 0 fully saturated rings. The highest BCUT2D eigenvalue weighted by Crippen LogP contribution is 2.21. The third-order valence-electron chi connectivity index (χ3n) is 3.60. The van der Waals surface area contributed by atoms with Crippen LogP contribution >= 0.6 is 0 Å². The first-order valence-corrected chi connectivity index (χ1v) is 8.17. The van der Waals surface area contributed by atoms with Gasteiger partial charge in [-0.15, -0.1) is 0 Å². The number of methoxy groups -OCH3 is 1. The van der Waals surface area contributed by atoms with Crippen LogP contribution in [0.25, 0.3) is 0 Å². The van der Waals surface area contributed by atoms with Crippen molar-refractivity contribution in [2.75, 3.05) is 27.3 Å². The second-order valence-electron chi connectivity index (χ2n) is 6.77. The van der Waals surface area contributed by atoms with Crippen molar-refractivity contribution in [2.24, 2.45) is 10.4 Å². The van der Waals surface area contributed by atoms with Crippen LogP contribution in [0.5, 0.6) is 5.88 Å². The topological polar surface area (TPSA) is 67.8 Å². The number of guanidine groups is 1. The van der Waals surface area contributed by atoms with Gasteiger partial charge in [0, 0.05) is 39.0 Å². The van der Waals surface area contributed by atoms with Crippen LogP contribution in [0, 0.1) is 5.41 Å². The van der Waals surface area contributed by atoms with Gasteiger partial charge in [0.2, 0.25) is 5.88 Å². The molecule has 0 aromatic carbocycles. The third kappa shape index (κ3) is 7.90. The molecule has 1 heterocycles. The van der Waals surface area contributed by atoms with Crippen molar-refractivity contribution in [1.82, 2.24) is 15.6 Å². The van der Waals surface area contributed by atoms with E-state index in [1.54, 1.807) is 26.3 Å². The van der Waals surface area contributed by atoms with Gasteiger partial charge in [-0.1, -0.05) is 26.8 Å². The van der Waals surface area contributed by atoms with Gasteiger partial charge in [-0.05, 0) is 11.5 Å². The minimum atomic E-state index is -4.41. The van der Waals surface area contributed by atoms with Crippen LogP contribution < -0.4 is 15.4 Å². The number of nitrogens with one attached hydrogen (secondary N) is 2. The maximum atomic E-state index is 12.3. The summed E-state index contributed by atoms with van der Waals surface area (Å²) in [6.07, 6.45) is -3.07. The Morgan fingerprint density at radius 2 is 1.96 bits per heavy atom. The quantitative estimate of drug-likeness (QED) is 0.566. The molecular formula is C17H27F3N4O2. The van der Waals surface area contributed by atoms with Gasteiger partial charge in [0.05, 0.1) is 6.10 Å².